The van der Waals surface area contributed by atoms with Crippen LogP contribution in [0.5, 0.6) is 0 Å². The van der Waals surface area contributed by atoms with Gasteiger partial charge in [-0.3, -0.25) is 0 Å². The van der Waals surface area contributed by atoms with Crippen molar-refractivity contribution in [3.05, 3.63) is 58.3 Å². The molecule has 0 aliphatic rings. The van der Waals surface area contributed by atoms with Crippen LogP contribution in [0, 0.1) is 6.92 Å². The zero-order chi connectivity index (χ0) is 15.0. The van der Waals surface area contributed by atoms with Crippen molar-refractivity contribution in [3.63, 3.8) is 0 Å². The lowest BCUT2D eigenvalue weighted by atomic mass is 10.2. The number of hydrogen-bond donors (Lipinski definition) is 0. The highest BCUT2D eigenvalue weighted by Crippen LogP contribution is 2.13. The van der Waals surface area contributed by atoms with Crippen LogP contribution in [-0.4, -0.2) is 32.5 Å². The number of hydrogen-bond acceptors (Lipinski definition) is 5. The Morgan fingerprint density at radius 1 is 1.24 bits per heavy atom. The van der Waals surface area contributed by atoms with E-state index in [-0.39, 0.29) is 5.56 Å². The quantitative estimate of drug-likeness (QED) is 0.655. The summed E-state index contributed by atoms with van der Waals surface area (Å²) in [5.41, 5.74) is 1.27. The topological polar surface area (TPSA) is 78.5 Å². The smallest absolute Gasteiger partial charge is 0.370 e. The van der Waals surface area contributed by atoms with Crippen molar-refractivity contribution in [2.24, 2.45) is 0 Å². The molecule has 1 aromatic carbocycles. The van der Waals surface area contributed by atoms with Crippen LogP contribution in [0.2, 0.25) is 0 Å². The van der Waals surface area contributed by atoms with Gasteiger partial charge < -0.3 is 4.74 Å². The van der Waals surface area contributed by atoms with Gasteiger partial charge in [0.25, 0.3) is 0 Å². The van der Waals surface area contributed by atoms with Crippen LogP contribution in [-0.2, 0) is 4.74 Å². The molecular weight excluding hydrogens is 272 g/mol. The van der Waals surface area contributed by atoms with Crippen LogP contribution in [0.15, 0.2) is 41.3 Å². The fourth-order valence-corrected chi connectivity index (χ4v) is 2.17. The van der Waals surface area contributed by atoms with Crippen LogP contribution >= 0.6 is 0 Å². The second kappa shape index (κ2) is 4.86. The van der Waals surface area contributed by atoms with Crippen LogP contribution in [0.1, 0.15) is 16.1 Å². The first-order chi connectivity index (χ1) is 10.1. The molecule has 2 aromatic heterocycles. The number of aryl methyl sites for hydroxylation is 1. The lowest BCUT2D eigenvalue weighted by molar-refractivity contribution is 0.0603. The van der Waals surface area contributed by atoms with Crippen molar-refractivity contribution < 1.29 is 9.53 Å². The normalized spacial score (nSPS) is 10.8. The largest absolute Gasteiger partial charge is 0.465 e. The van der Waals surface area contributed by atoms with E-state index in [2.05, 4.69) is 14.9 Å². The van der Waals surface area contributed by atoms with Gasteiger partial charge in [0.15, 0.2) is 0 Å². The minimum absolute atomic E-state index is 0.222. The summed E-state index contributed by atoms with van der Waals surface area (Å²) in [5, 5.41) is 8.23. The number of ether oxygens (including phenoxy) is 1. The monoisotopic (exact) mass is 284 g/mol. The molecule has 21 heavy (non-hydrogen) atoms. The van der Waals surface area contributed by atoms with Crippen molar-refractivity contribution in [3.8, 4) is 5.69 Å². The molecule has 0 aliphatic carbocycles. The third kappa shape index (κ3) is 1.99. The van der Waals surface area contributed by atoms with Crippen LogP contribution in [0.4, 0.5) is 0 Å². The number of rotatable bonds is 2. The minimum atomic E-state index is -0.549. The summed E-state index contributed by atoms with van der Waals surface area (Å²) in [6.45, 7) is 1.71. The van der Waals surface area contributed by atoms with Gasteiger partial charge in [-0.1, -0.05) is 18.2 Å². The van der Waals surface area contributed by atoms with E-state index in [9.17, 15) is 9.59 Å². The van der Waals surface area contributed by atoms with E-state index in [1.165, 1.54) is 18.0 Å². The molecule has 2 heterocycles. The van der Waals surface area contributed by atoms with E-state index in [1.54, 1.807) is 19.1 Å². The summed E-state index contributed by atoms with van der Waals surface area (Å²) in [6.07, 6.45) is 1.31. The molecule has 0 unspecified atom stereocenters. The highest BCUT2D eigenvalue weighted by atomic mass is 16.5. The molecule has 7 heteroatoms. The highest BCUT2D eigenvalue weighted by molar-refractivity contribution is 5.97. The molecule has 0 aliphatic heterocycles. The molecule has 0 radical (unpaired) electrons. The Hall–Kier alpha value is -2.96. The van der Waals surface area contributed by atoms with Crippen LogP contribution in [0.3, 0.4) is 0 Å². The fourth-order valence-electron chi connectivity index (χ4n) is 2.17. The van der Waals surface area contributed by atoms with Crippen molar-refractivity contribution in [1.29, 1.82) is 0 Å². The lowest BCUT2D eigenvalue weighted by Gasteiger charge is -2.07. The summed E-state index contributed by atoms with van der Waals surface area (Å²) in [5.74, 6) is -0.549. The SMILES string of the molecule is COC(=O)c1cnn2c(=O)n(-c3ccccc3)nc(C)c12. The van der Waals surface area contributed by atoms with Crippen LogP contribution < -0.4 is 5.69 Å². The van der Waals surface area contributed by atoms with Crippen LogP contribution in [0.25, 0.3) is 11.2 Å². The van der Waals surface area contributed by atoms with Crippen molar-refractivity contribution in [2.45, 2.75) is 6.92 Å². The zero-order valence-corrected chi connectivity index (χ0v) is 11.5. The van der Waals surface area contributed by atoms with Crippen molar-refractivity contribution in [2.75, 3.05) is 7.11 Å². The van der Waals surface area contributed by atoms with E-state index < -0.39 is 11.7 Å². The average molecular weight is 284 g/mol. The van der Waals surface area contributed by atoms with Gasteiger partial charge in [0, 0.05) is 0 Å². The second-order valence-corrected chi connectivity index (χ2v) is 4.43. The molecule has 0 spiro atoms. The molecular formula is C14H12N4O3. The van der Waals surface area contributed by atoms with Gasteiger partial charge in [-0.25, -0.2) is 9.59 Å². The molecule has 0 atom stereocenters. The van der Waals surface area contributed by atoms with Gasteiger partial charge in [0.05, 0.1) is 24.7 Å². The first-order valence-electron chi connectivity index (χ1n) is 6.25. The number of benzene rings is 1. The van der Waals surface area contributed by atoms with E-state index in [1.807, 2.05) is 18.2 Å². The molecule has 7 nitrogen and oxygen atoms in total. The standard InChI is InChI=1S/C14H12N4O3/c1-9-12-11(13(19)21-2)8-15-18(12)14(20)17(16-9)10-6-4-3-5-7-10/h3-8H,1-2H3. The number of aromatic nitrogens is 4. The van der Waals surface area contributed by atoms with Crippen molar-refractivity contribution >= 4 is 11.5 Å². The first kappa shape index (κ1) is 13.0. The number of carbonyl (C=O) groups is 1. The van der Waals surface area contributed by atoms with Gasteiger partial charge >= 0.3 is 11.7 Å². The first-order valence-corrected chi connectivity index (χ1v) is 6.25. The van der Waals surface area contributed by atoms with E-state index >= 15 is 0 Å². The molecule has 3 rings (SSSR count). The molecule has 106 valence electrons. The zero-order valence-electron chi connectivity index (χ0n) is 11.5. The van der Waals surface area contributed by atoms with Gasteiger partial charge in [0.1, 0.15) is 11.1 Å². The Kier molecular flexibility index (Phi) is 3.02. The number of fused-ring (bicyclic) bond motifs is 1. The Labute approximate surface area is 119 Å². The number of carbonyl (C=O) groups excluding carboxylic acids is 1. The predicted molar refractivity (Wildman–Crippen MR) is 74.7 cm³/mol. The average Bonchev–Trinajstić information content (AvgIpc) is 2.97. The molecule has 0 N–H and O–H groups in total. The summed E-state index contributed by atoms with van der Waals surface area (Å²) in [4.78, 5) is 24.1. The summed E-state index contributed by atoms with van der Waals surface area (Å²) in [7, 11) is 1.28. The summed E-state index contributed by atoms with van der Waals surface area (Å²) >= 11 is 0. The summed E-state index contributed by atoms with van der Waals surface area (Å²) in [6, 6.07) is 9.01. The third-order valence-corrected chi connectivity index (χ3v) is 3.13. The maximum absolute atomic E-state index is 12.5. The Balaban J connectivity index is 2.32. The summed E-state index contributed by atoms with van der Waals surface area (Å²) < 4.78 is 7.08. The lowest BCUT2D eigenvalue weighted by Crippen LogP contribution is -2.29. The van der Waals surface area contributed by atoms with Gasteiger partial charge in [-0.15, -0.1) is 0 Å². The molecule has 0 bridgehead atoms. The number of methoxy groups -OCH3 is 1. The molecule has 0 amide bonds. The molecule has 3 aromatic rings. The van der Waals surface area contributed by atoms with Crippen molar-refractivity contribution in [1.82, 2.24) is 19.4 Å². The number of esters is 1. The minimum Gasteiger partial charge on any atom is -0.465 e. The number of para-hydroxylation sites is 1. The van der Waals surface area contributed by atoms with Gasteiger partial charge in [-0.2, -0.15) is 19.4 Å². The molecule has 0 saturated heterocycles. The highest BCUT2D eigenvalue weighted by Gasteiger charge is 2.19. The Bertz CT molecular complexity index is 880. The maximum Gasteiger partial charge on any atom is 0.370 e. The molecule has 0 fully saturated rings. The Morgan fingerprint density at radius 3 is 2.62 bits per heavy atom. The second-order valence-electron chi connectivity index (χ2n) is 4.43. The van der Waals surface area contributed by atoms with E-state index in [0.29, 0.717) is 16.9 Å². The predicted octanol–water partition coefficient (Wildman–Crippen LogP) is 0.975. The number of nitrogens with zero attached hydrogens (tertiary/aromatic N) is 4. The third-order valence-electron chi connectivity index (χ3n) is 3.13. The maximum atomic E-state index is 12.5. The Morgan fingerprint density at radius 2 is 1.95 bits per heavy atom. The van der Waals surface area contributed by atoms with E-state index in [0.717, 1.165) is 4.52 Å². The van der Waals surface area contributed by atoms with Gasteiger partial charge in [0.2, 0.25) is 0 Å². The molecule has 0 saturated carbocycles. The fraction of sp³-hybridized carbons (Fsp3) is 0.143. The van der Waals surface area contributed by atoms with E-state index in [4.69, 9.17) is 0 Å². The van der Waals surface area contributed by atoms with Gasteiger partial charge in [-0.05, 0) is 19.1 Å².